The molecule has 1 fully saturated rings. The Morgan fingerprint density at radius 3 is 2.79 bits per heavy atom. The van der Waals surface area contributed by atoms with E-state index in [-0.39, 0.29) is 0 Å². The van der Waals surface area contributed by atoms with Crippen molar-refractivity contribution in [1.82, 2.24) is 9.55 Å². The van der Waals surface area contributed by atoms with Crippen LogP contribution < -0.4 is 5.73 Å². The minimum absolute atomic E-state index is 0.596. The highest BCUT2D eigenvalue weighted by molar-refractivity contribution is 7.98. The Labute approximate surface area is 120 Å². The highest BCUT2D eigenvalue weighted by Crippen LogP contribution is 2.34. The zero-order chi connectivity index (χ0) is 13.7. The van der Waals surface area contributed by atoms with Crippen LogP contribution in [0.2, 0.25) is 0 Å². The molecule has 1 heterocycles. The molecule has 0 unspecified atom stereocenters. The van der Waals surface area contributed by atoms with E-state index in [0.29, 0.717) is 5.92 Å². The van der Waals surface area contributed by atoms with Crippen molar-refractivity contribution >= 4 is 17.6 Å². The van der Waals surface area contributed by atoms with Crippen LogP contribution in [-0.2, 0) is 13.0 Å². The van der Waals surface area contributed by atoms with E-state index < -0.39 is 0 Å². The molecule has 1 aromatic heterocycles. The van der Waals surface area contributed by atoms with E-state index >= 15 is 0 Å². The van der Waals surface area contributed by atoms with Gasteiger partial charge in [-0.15, -0.1) is 6.58 Å². The van der Waals surface area contributed by atoms with Gasteiger partial charge in [0, 0.05) is 18.9 Å². The van der Waals surface area contributed by atoms with Crippen molar-refractivity contribution in [2.45, 2.75) is 51.0 Å². The van der Waals surface area contributed by atoms with Crippen molar-refractivity contribution in [3.63, 3.8) is 0 Å². The standard InChI is InChI=1S/C15H25N3S/c1-3-10-18-14(16)13(9-11-19-2)17-15(18)12-7-5-4-6-8-12/h3,12H,1,4-11,16H2,2H3. The summed E-state index contributed by atoms with van der Waals surface area (Å²) in [5.74, 6) is 3.74. The molecule has 2 N–H and O–H groups in total. The van der Waals surface area contributed by atoms with Gasteiger partial charge in [-0.2, -0.15) is 11.8 Å². The first kappa shape index (κ1) is 14.5. The van der Waals surface area contributed by atoms with Gasteiger partial charge in [0.05, 0.1) is 5.69 Å². The number of anilines is 1. The van der Waals surface area contributed by atoms with Crippen LogP contribution in [0, 0.1) is 0 Å². The van der Waals surface area contributed by atoms with Crippen LogP contribution in [0.5, 0.6) is 0 Å². The molecule has 4 heteroatoms. The second-order valence-corrected chi connectivity index (χ2v) is 6.26. The third kappa shape index (κ3) is 3.35. The third-order valence-electron chi connectivity index (χ3n) is 3.94. The van der Waals surface area contributed by atoms with Gasteiger partial charge >= 0.3 is 0 Å². The van der Waals surface area contributed by atoms with Crippen molar-refractivity contribution in [1.29, 1.82) is 0 Å². The van der Waals surface area contributed by atoms with Crippen LogP contribution in [0.25, 0.3) is 0 Å². The van der Waals surface area contributed by atoms with Gasteiger partial charge in [-0.25, -0.2) is 4.98 Å². The van der Waals surface area contributed by atoms with E-state index in [0.717, 1.165) is 30.2 Å². The third-order valence-corrected chi connectivity index (χ3v) is 4.55. The van der Waals surface area contributed by atoms with Gasteiger partial charge in [0.15, 0.2) is 0 Å². The fourth-order valence-electron chi connectivity index (χ4n) is 2.91. The van der Waals surface area contributed by atoms with E-state index in [1.807, 2.05) is 17.8 Å². The van der Waals surface area contributed by atoms with Gasteiger partial charge in [-0.1, -0.05) is 25.3 Å². The summed E-state index contributed by atoms with van der Waals surface area (Å²) in [4.78, 5) is 4.87. The molecule has 19 heavy (non-hydrogen) atoms. The molecule has 0 bridgehead atoms. The van der Waals surface area contributed by atoms with Crippen LogP contribution >= 0.6 is 11.8 Å². The van der Waals surface area contributed by atoms with Gasteiger partial charge in [0.25, 0.3) is 0 Å². The molecular formula is C15H25N3S. The molecule has 0 aliphatic heterocycles. The highest BCUT2D eigenvalue weighted by Gasteiger charge is 2.23. The summed E-state index contributed by atoms with van der Waals surface area (Å²) >= 11 is 1.84. The summed E-state index contributed by atoms with van der Waals surface area (Å²) in [6.45, 7) is 4.63. The molecule has 1 aromatic rings. The number of nitrogen functional groups attached to an aromatic ring is 1. The minimum Gasteiger partial charge on any atom is -0.384 e. The van der Waals surface area contributed by atoms with Crippen molar-refractivity contribution in [2.75, 3.05) is 17.7 Å². The maximum atomic E-state index is 6.28. The molecule has 106 valence electrons. The zero-order valence-corrected chi connectivity index (χ0v) is 12.7. The smallest absolute Gasteiger partial charge is 0.127 e. The van der Waals surface area contributed by atoms with E-state index in [4.69, 9.17) is 10.7 Å². The predicted octanol–water partition coefficient (Wildman–Crippen LogP) is 3.60. The Bertz CT molecular complexity index is 419. The van der Waals surface area contributed by atoms with Crippen molar-refractivity contribution in [2.24, 2.45) is 0 Å². The van der Waals surface area contributed by atoms with Gasteiger partial charge < -0.3 is 10.3 Å². The minimum atomic E-state index is 0.596. The SMILES string of the molecule is C=CCn1c(C2CCCCC2)nc(CCSC)c1N. The summed E-state index contributed by atoms with van der Waals surface area (Å²) in [5, 5.41) is 0. The number of nitrogens with two attached hydrogens (primary N) is 1. The lowest BCUT2D eigenvalue weighted by Gasteiger charge is -2.22. The summed E-state index contributed by atoms with van der Waals surface area (Å²) in [6.07, 6.45) is 11.6. The maximum Gasteiger partial charge on any atom is 0.127 e. The average molecular weight is 279 g/mol. The van der Waals surface area contributed by atoms with E-state index in [9.17, 15) is 0 Å². The maximum absolute atomic E-state index is 6.28. The molecule has 0 saturated heterocycles. The fraction of sp³-hybridized carbons (Fsp3) is 0.667. The molecule has 3 nitrogen and oxygen atoms in total. The van der Waals surface area contributed by atoms with Gasteiger partial charge in [0.1, 0.15) is 11.6 Å². The Kier molecular flexibility index (Phi) is 5.37. The molecule has 0 radical (unpaired) electrons. The number of hydrogen-bond donors (Lipinski definition) is 1. The van der Waals surface area contributed by atoms with Crippen LogP contribution in [0.15, 0.2) is 12.7 Å². The number of rotatable bonds is 6. The Morgan fingerprint density at radius 1 is 1.42 bits per heavy atom. The number of aromatic nitrogens is 2. The van der Waals surface area contributed by atoms with E-state index in [2.05, 4.69) is 17.4 Å². The summed E-state index contributed by atoms with van der Waals surface area (Å²) < 4.78 is 2.18. The molecular weight excluding hydrogens is 254 g/mol. The van der Waals surface area contributed by atoms with Crippen molar-refractivity contribution in [3.8, 4) is 0 Å². The van der Waals surface area contributed by atoms with Crippen molar-refractivity contribution in [3.05, 3.63) is 24.2 Å². The van der Waals surface area contributed by atoms with Gasteiger partial charge in [-0.05, 0) is 24.9 Å². The molecule has 1 saturated carbocycles. The molecule has 2 rings (SSSR count). The molecule has 0 amide bonds. The number of nitrogens with zero attached hydrogens (tertiary/aromatic N) is 2. The Balaban J connectivity index is 2.25. The Morgan fingerprint density at radius 2 is 2.16 bits per heavy atom. The summed E-state index contributed by atoms with van der Waals surface area (Å²) in [6, 6.07) is 0. The van der Waals surface area contributed by atoms with Crippen LogP contribution in [0.3, 0.4) is 0 Å². The lowest BCUT2D eigenvalue weighted by molar-refractivity contribution is 0.419. The second-order valence-electron chi connectivity index (χ2n) is 5.28. The number of allylic oxidation sites excluding steroid dienone is 1. The number of imidazole rings is 1. The number of hydrogen-bond acceptors (Lipinski definition) is 3. The average Bonchev–Trinajstić information content (AvgIpc) is 2.75. The number of aryl methyl sites for hydroxylation is 1. The van der Waals surface area contributed by atoms with E-state index in [1.165, 1.54) is 37.9 Å². The molecule has 0 atom stereocenters. The van der Waals surface area contributed by atoms with Crippen LogP contribution in [0.4, 0.5) is 5.82 Å². The normalized spacial score (nSPS) is 16.7. The molecule has 1 aliphatic carbocycles. The first-order chi connectivity index (χ1) is 9.27. The first-order valence-corrected chi connectivity index (χ1v) is 8.62. The zero-order valence-electron chi connectivity index (χ0n) is 11.9. The second kappa shape index (κ2) is 7.04. The largest absolute Gasteiger partial charge is 0.384 e. The molecule has 1 aliphatic rings. The fourth-order valence-corrected chi connectivity index (χ4v) is 3.31. The van der Waals surface area contributed by atoms with E-state index in [1.54, 1.807) is 0 Å². The van der Waals surface area contributed by atoms with Crippen molar-refractivity contribution < 1.29 is 0 Å². The lowest BCUT2D eigenvalue weighted by atomic mass is 9.88. The molecule has 0 spiro atoms. The summed E-state index contributed by atoms with van der Waals surface area (Å²) in [5.41, 5.74) is 7.36. The van der Waals surface area contributed by atoms with Gasteiger partial charge in [-0.3, -0.25) is 0 Å². The molecule has 0 aromatic carbocycles. The topological polar surface area (TPSA) is 43.8 Å². The summed E-state index contributed by atoms with van der Waals surface area (Å²) in [7, 11) is 0. The van der Waals surface area contributed by atoms with Gasteiger partial charge in [0.2, 0.25) is 0 Å². The van der Waals surface area contributed by atoms with Crippen LogP contribution in [0.1, 0.15) is 49.5 Å². The first-order valence-electron chi connectivity index (χ1n) is 7.22. The highest BCUT2D eigenvalue weighted by atomic mass is 32.2. The predicted molar refractivity (Wildman–Crippen MR) is 84.7 cm³/mol. The Hall–Kier alpha value is -0.900. The van der Waals surface area contributed by atoms with Crippen LogP contribution in [-0.4, -0.2) is 21.6 Å². The quantitative estimate of drug-likeness (QED) is 0.809. The lowest BCUT2D eigenvalue weighted by Crippen LogP contribution is -2.13. The monoisotopic (exact) mass is 279 g/mol. The number of thioether (sulfide) groups is 1.